The Labute approximate surface area is 142 Å². The molecule has 0 fully saturated rings. The number of rotatable bonds is 5. The average molecular weight is 343 g/mol. The lowest BCUT2D eigenvalue weighted by molar-refractivity contribution is 0.0913. The minimum atomic E-state index is -0.622. The molecule has 1 atom stereocenters. The van der Waals surface area contributed by atoms with Crippen LogP contribution in [0.25, 0.3) is 10.7 Å². The number of ketones is 2. The van der Waals surface area contributed by atoms with Gasteiger partial charge in [0.1, 0.15) is 6.04 Å². The highest BCUT2D eigenvalue weighted by Crippen LogP contribution is 2.24. The Morgan fingerprint density at radius 2 is 2.08 bits per heavy atom. The molecule has 3 aromatic heterocycles. The SMILES string of the molecule is CC(=O)c1c(C)[nH]c(C(=O)[C@@H](C)n2nnc(-c3cccs3)n2)c1C. The van der Waals surface area contributed by atoms with E-state index in [4.69, 9.17) is 0 Å². The van der Waals surface area contributed by atoms with Crippen molar-refractivity contribution in [2.24, 2.45) is 0 Å². The summed E-state index contributed by atoms with van der Waals surface area (Å²) in [7, 11) is 0. The minimum absolute atomic E-state index is 0.0631. The summed E-state index contributed by atoms with van der Waals surface area (Å²) in [5, 5.41) is 14.2. The molecule has 3 aromatic rings. The molecule has 0 radical (unpaired) electrons. The first kappa shape index (κ1) is 16.3. The summed E-state index contributed by atoms with van der Waals surface area (Å²) in [5.74, 6) is 0.249. The normalized spacial score (nSPS) is 12.3. The molecule has 0 spiro atoms. The van der Waals surface area contributed by atoms with Crippen LogP contribution in [0.2, 0.25) is 0 Å². The van der Waals surface area contributed by atoms with Crippen molar-refractivity contribution in [1.29, 1.82) is 0 Å². The number of nitrogens with zero attached hydrogens (tertiary/aromatic N) is 4. The van der Waals surface area contributed by atoms with Crippen LogP contribution in [-0.4, -0.2) is 36.8 Å². The van der Waals surface area contributed by atoms with Crippen LogP contribution in [0.5, 0.6) is 0 Å². The standard InChI is InChI=1S/C16H17N5O2S/c1-8-13(11(4)22)9(2)17-14(8)15(23)10(3)21-19-16(18-20-21)12-6-5-7-24-12/h5-7,10,17H,1-4H3/t10-/m1/s1. The van der Waals surface area contributed by atoms with Crippen molar-refractivity contribution in [2.75, 3.05) is 0 Å². The second-order valence-electron chi connectivity index (χ2n) is 5.63. The fourth-order valence-corrected chi connectivity index (χ4v) is 3.38. The number of Topliss-reactive ketones (excluding diaryl/α,β-unsaturated/α-hetero) is 2. The maximum atomic E-state index is 12.8. The van der Waals surface area contributed by atoms with Crippen molar-refractivity contribution in [3.05, 3.63) is 40.0 Å². The molecule has 8 heteroatoms. The number of tetrazole rings is 1. The minimum Gasteiger partial charge on any atom is -0.355 e. The van der Waals surface area contributed by atoms with Crippen molar-refractivity contribution in [1.82, 2.24) is 25.2 Å². The van der Waals surface area contributed by atoms with Crippen LogP contribution in [0.3, 0.4) is 0 Å². The van der Waals surface area contributed by atoms with E-state index in [2.05, 4.69) is 20.4 Å². The molecule has 0 aliphatic carbocycles. The number of hydrogen-bond acceptors (Lipinski definition) is 6. The molecule has 0 aromatic carbocycles. The van der Waals surface area contributed by atoms with Gasteiger partial charge in [-0.1, -0.05) is 6.07 Å². The molecule has 24 heavy (non-hydrogen) atoms. The summed E-state index contributed by atoms with van der Waals surface area (Å²) in [6, 6.07) is 3.18. The topological polar surface area (TPSA) is 93.5 Å². The van der Waals surface area contributed by atoms with E-state index in [9.17, 15) is 9.59 Å². The molecule has 1 N–H and O–H groups in total. The van der Waals surface area contributed by atoms with Gasteiger partial charge in [-0.2, -0.15) is 4.80 Å². The van der Waals surface area contributed by atoms with Gasteiger partial charge in [0, 0.05) is 11.3 Å². The van der Waals surface area contributed by atoms with Gasteiger partial charge in [0.15, 0.2) is 5.78 Å². The van der Waals surface area contributed by atoms with Gasteiger partial charge in [0.2, 0.25) is 11.6 Å². The number of hydrogen-bond donors (Lipinski definition) is 1. The van der Waals surface area contributed by atoms with Gasteiger partial charge in [-0.3, -0.25) is 9.59 Å². The first-order valence-electron chi connectivity index (χ1n) is 7.47. The first-order valence-corrected chi connectivity index (χ1v) is 8.35. The van der Waals surface area contributed by atoms with Crippen LogP contribution in [0.1, 0.15) is 52.0 Å². The van der Waals surface area contributed by atoms with E-state index in [1.54, 1.807) is 20.8 Å². The van der Waals surface area contributed by atoms with E-state index in [0.29, 0.717) is 28.3 Å². The Kier molecular flexibility index (Phi) is 4.15. The van der Waals surface area contributed by atoms with Crippen molar-refractivity contribution >= 4 is 22.9 Å². The molecular formula is C16H17N5O2S. The van der Waals surface area contributed by atoms with Crippen LogP contribution in [-0.2, 0) is 0 Å². The van der Waals surface area contributed by atoms with Crippen LogP contribution in [0.4, 0.5) is 0 Å². The molecule has 0 bridgehead atoms. The second-order valence-corrected chi connectivity index (χ2v) is 6.58. The number of carbonyl (C=O) groups is 2. The van der Waals surface area contributed by atoms with Crippen molar-refractivity contribution < 1.29 is 9.59 Å². The number of thiophene rings is 1. The molecule has 0 unspecified atom stereocenters. The summed E-state index contributed by atoms with van der Waals surface area (Å²) in [6.07, 6.45) is 0. The summed E-state index contributed by atoms with van der Waals surface area (Å²) < 4.78 is 0. The third kappa shape index (κ3) is 2.69. The number of H-pyrrole nitrogens is 1. The summed E-state index contributed by atoms with van der Waals surface area (Å²) in [4.78, 5) is 29.7. The van der Waals surface area contributed by atoms with Gasteiger partial charge >= 0.3 is 0 Å². The van der Waals surface area contributed by atoms with Crippen molar-refractivity contribution in [2.45, 2.75) is 33.7 Å². The van der Waals surface area contributed by atoms with E-state index in [-0.39, 0.29) is 11.6 Å². The smallest absolute Gasteiger partial charge is 0.214 e. The lowest BCUT2D eigenvalue weighted by Gasteiger charge is -2.08. The van der Waals surface area contributed by atoms with Gasteiger partial charge < -0.3 is 4.98 Å². The summed E-state index contributed by atoms with van der Waals surface area (Å²) in [6.45, 7) is 6.76. The molecule has 0 aliphatic rings. The fourth-order valence-electron chi connectivity index (χ4n) is 2.73. The van der Waals surface area contributed by atoms with E-state index < -0.39 is 6.04 Å². The van der Waals surface area contributed by atoms with Gasteiger partial charge in [-0.15, -0.1) is 21.5 Å². The van der Waals surface area contributed by atoms with Crippen LogP contribution in [0, 0.1) is 13.8 Å². The number of carbonyl (C=O) groups excluding carboxylic acids is 2. The Balaban J connectivity index is 1.91. The predicted molar refractivity (Wildman–Crippen MR) is 90.4 cm³/mol. The third-order valence-corrected chi connectivity index (χ3v) is 4.80. The van der Waals surface area contributed by atoms with Gasteiger partial charge in [-0.25, -0.2) is 0 Å². The van der Waals surface area contributed by atoms with Crippen molar-refractivity contribution in [3.63, 3.8) is 0 Å². The highest BCUT2D eigenvalue weighted by molar-refractivity contribution is 7.13. The van der Waals surface area contributed by atoms with E-state index in [1.807, 2.05) is 17.5 Å². The number of aromatic nitrogens is 5. The monoisotopic (exact) mass is 343 g/mol. The average Bonchev–Trinajstić information content (AvgIpc) is 3.24. The zero-order chi connectivity index (χ0) is 17.4. The molecule has 0 amide bonds. The molecule has 3 rings (SSSR count). The van der Waals surface area contributed by atoms with Gasteiger partial charge in [-0.05, 0) is 49.9 Å². The molecule has 0 aliphatic heterocycles. The van der Waals surface area contributed by atoms with E-state index in [1.165, 1.54) is 23.1 Å². The summed E-state index contributed by atoms with van der Waals surface area (Å²) in [5.41, 5.74) is 2.34. The molecule has 7 nitrogen and oxygen atoms in total. The zero-order valence-corrected chi connectivity index (χ0v) is 14.6. The molecule has 0 saturated heterocycles. The highest BCUT2D eigenvalue weighted by Gasteiger charge is 2.26. The predicted octanol–water partition coefficient (Wildman–Crippen LogP) is 2.99. The molecular weight excluding hydrogens is 326 g/mol. The third-order valence-electron chi connectivity index (χ3n) is 3.93. The maximum absolute atomic E-state index is 12.8. The molecule has 0 saturated carbocycles. The lowest BCUT2D eigenvalue weighted by Crippen LogP contribution is -2.20. The number of aromatic amines is 1. The van der Waals surface area contributed by atoms with E-state index >= 15 is 0 Å². The Hall–Kier alpha value is -2.61. The maximum Gasteiger partial charge on any atom is 0.214 e. The number of aryl methyl sites for hydroxylation is 1. The zero-order valence-electron chi connectivity index (χ0n) is 13.8. The van der Waals surface area contributed by atoms with Crippen LogP contribution in [0.15, 0.2) is 17.5 Å². The van der Waals surface area contributed by atoms with Crippen LogP contribution >= 0.6 is 11.3 Å². The lowest BCUT2D eigenvalue weighted by atomic mass is 10.0. The van der Waals surface area contributed by atoms with Gasteiger partial charge in [0.05, 0.1) is 10.6 Å². The first-order chi connectivity index (χ1) is 11.4. The fraction of sp³-hybridized carbons (Fsp3) is 0.312. The van der Waals surface area contributed by atoms with Crippen LogP contribution < -0.4 is 0 Å². The molecule has 124 valence electrons. The Morgan fingerprint density at radius 1 is 1.33 bits per heavy atom. The quantitative estimate of drug-likeness (QED) is 0.719. The largest absolute Gasteiger partial charge is 0.355 e. The highest BCUT2D eigenvalue weighted by atomic mass is 32.1. The number of nitrogens with one attached hydrogen (secondary N) is 1. The Morgan fingerprint density at radius 3 is 2.67 bits per heavy atom. The Bertz CT molecular complexity index is 907. The van der Waals surface area contributed by atoms with Crippen molar-refractivity contribution in [3.8, 4) is 10.7 Å². The van der Waals surface area contributed by atoms with E-state index in [0.717, 1.165) is 4.88 Å². The van der Waals surface area contributed by atoms with Gasteiger partial charge in [0.25, 0.3) is 0 Å². The second kappa shape index (κ2) is 6.12. The molecule has 3 heterocycles. The summed E-state index contributed by atoms with van der Waals surface area (Å²) >= 11 is 1.51.